The number of unbranched alkanes of at least 4 members (excludes halogenated alkanes) is 34. The summed E-state index contributed by atoms with van der Waals surface area (Å²) in [6.45, 7) is 4.65. The number of esters is 4. The van der Waals surface area contributed by atoms with E-state index in [4.69, 9.17) is 37.0 Å². The highest BCUT2D eigenvalue weighted by Crippen LogP contribution is 2.45. The monoisotopic (exact) mass is 1480 g/mol. The van der Waals surface area contributed by atoms with Crippen molar-refractivity contribution in [1.82, 2.24) is 0 Å². The average Bonchev–Trinajstić information content (AvgIpc) is 0.923. The maximum Gasteiger partial charge on any atom is 0.472 e. The predicted molar refractivity (Wildman–Crippen MR) is 418 cm³/mol. The van der Waals surface area contributed by atoms with Gasteiger partial charge in [0.2, 0.25) is 0 Å². The maximum absolute atomic E-state index is 13.1. The van der Waals surface area contributed by atoms with Gasteiger partial charge in [0.15, 0.2) is 12.2 Å². The number of hydrogen-bond donors (Lipinski definition) is 3. The number of aliphatic hydroxyl groups is 1. The molecule has 0 radical (unpaired) electrons. The average molecular weight is 1480 g/mol. The molecule has 0 amide bonds. The van der Waals surface area contributed by atoms with Gasteiger partial charge in [0, 0.05) is 25.7 Å². The lowest BCUT2D eigenvalue weighted by atomic mass is 10.0. The van der Waals surface area contributed by atoms with E-state index >= 15 is 0 Å². The van der Waals surface area contributed by atoms with Crippen molar-refractivity contribution in [3.63, 3.8) is 0 Å². The van der Waals surface area contributed by atoms with Gasteiger partial charge in [-0.15, -0.1) is 0 Å². The molecule has 0 spiro atoms. The molecule has 0 aromatic carbocycles. The second kappa shape index (κ2) is 75.2. The van der Waals surface area contributed by atoms with Crippen molar-refractivity contribution < 1.29 is 80.2 Å². The third-order valence-corrected chi connectivity index (χ3v) is 18.9. The second-order valence-corrected chi connectivity index (χ2v) is 29.9. The zero-order chi connectivity index (χ0) is 74.6. The van der Waals surface area contributed by atoms with E-state index in [1.807, 2.05) is 0 Å². The van der Waals surface area contributed by atoms with E-state index in [1.54, 1.807) is 0 Å². The summed E-state index contributed by atoms with van der Waals surface area (Å²) in [6, 6.07) is 0. The molecule has 0 rings (SSSR count). The largest absolute Gasteiger partial charge is 0.472 e. The number of aliphatic hydroxyl groups excluding tert-OH is 1. The van der Waals surface area contributed by atoms with Crippen LogP contribution in [0.3, 0.4) is 0 Å². The highest BCUT2D eigenvalue weighted by molar-refractivity contribution is 7.47. The zero-order valence-corrected chi connectivity index (χ0v) is 66.3. The molecule has 0 aliphatic carbocycles. The van der Waals surface area contributed by atoms with E-state index in [0.29, 0.717) is 25.7 Å². The number of ether oxygens (including phenoxy) is 4. The van der Waals surface area contributed by atoms with Crippen LogP contribution in [0.5, 0.6) is 0 Å². The van der Waals surface area contributed by atoms with Gasteiger partial charge in [-0.2, -0.15) is 0 Å². The molecule has 590 valence electrons. The molecule has 0 saturated heterocycles. The van der Waals surface area contributed by atoms with Gasteiger partial charge in [-0.1, -0.05) is 298 Å². The second-order valence-electron chi connectivity index (χ2n) is 27.0. The fourth-order valence-corrected chi connectivity index (χ4v) is 12.5. The van der Waals surface area contributed by atoms with Gasteiger partial charge in [-0.25, -0.2) is 9.13 Å². The molecule has 102 heavy (non-hydrogen) atoms. The SMILES string of the molecule is CC/C=C\C/C=C\C/C=C\C/C=C\CCCCCCCCC(=O)OCC(COP(=O)(O)OCC(O)COP(=O)(O)OCC(COC(=O)CCCCCCC/C=C\CCCCCC)OC(=O)CCCCCCCCCCCCCCC)OC(=O)CCCCCCCCC/C=C\C/C=C\C/C=C\CC. The number of phosphoric ester groups is 2. The first-order chi connectivity index (χ1) is 49.7. The van der Waals surface area contributed by atoms with Gasteiger partial charge in [0.1, 0.15) is 19.3 Å². The molecule has 3 N–H and O–H groups in total. The summed E-state index contributed by atoms with van der Waals surface area (Å²) in [4.78, 5) is 73.0. The van der Waals surface area contributed by atoms with Crippen molar-refractivity contribution >= 4 is 39.5 Å². The van der Waals surface area contributed by atoms with E-state index in [1.165, 1.54) is 77.0 Å². The Morgan fingerprint density at radius 1 is 0.284 bits per heavy atom. The Morgan fingerprint density at radius 3 is 0.804 bits per heavy atom. The first-order valence-corrected chi connectivity index (χ1v) is 43.5. The molecular formula is C83H146O17P2. The summed E-state index contributed by atoms with van der Waals surface area (Å²) < 4.78 is 68.6. The molecule has 5 unspecified atom stereocenters. The van der Waals surface area contributed by atoms with Gasteiger partial charge in [0.05, 0.1) is 26.4 Å². The molecular weight excluding hydrogens is 1330 g/mol. The molecule has 0 bridgehead atoms. The fraction of sp³-hybridized carbons (Fsp3) is 0.759. The summed E-state index contributed by atoms with van der Waals surface area (Å²) in [5.74, 6) is -2.19. The Morgan fingerprint density at radius 2 is 0.510 bits per heavy atom. The predicted octanol–water partition coefficient (Wildman–Crippen LogP) is 23.6. The Hall–Kier alpha value is -4.02. The van der Waals surface area contributed by atoms with Gasteiger partial charge in [-0.3, -0.25) is 37.3 Å². The quantitative estimate of drug-likeness (QED) is 0.0169. The van der Waals surface area contributed by atoms with Crippen LogP contribution in [-0.2, 0) is 65.4 Å². The van der Waals surface area contributed by atoms with Crippen LogP contribution in [0.2, 0.25) is 0 Å². The van der Waals surface area contributed by atoms with Crippen molar-refractivity contribution in [1.29, 1.82) is 0 Å². The number of allylic oxidation sites excluding steroid dienone is 16. The highest BCUT2D eigenvalue weighted by atomic mass is 31.2. The zero-order valence-electron chi connectivity index (χ0n) is 64.5. The summed E-state index contributed by atoms with van der Waals surface area (Å²) in [5.41, 5.74) is 0. The van der Waals surface area contributed by atoms with Crippen molar-refractivity contribution in [3.8, 4) is 0 Å². The van der Waals surface area contributed by atoms with Crippen LogP contribution in [0.4, 0.5) is 0 Å². The lowest BCUT2D eigenvalue weighted by molar-refractivity contribution is -0.161. The number of carbonyl (C=O) groups is 4. The molecule has 19 heteroatoms. The molecule has 0 aromatic heterocycles. The Kier molecular flexibility index (Phi) is 72.3. The lowest BCUT2D eigenvalue weighted by Crippen LogP contribution is -2.30. The van der Waals surface area contributed by atoms with Crippen molar-refractivity contribution in [2.45, 2.75) is 367 Å². The minimum atomic E-state index is -4.98. The molecule has 0 aliphatic heterocycles. The third kappa shape index (κ3) is 74.3. The van der Waals surface area contributed by atoms with E-state index < -0.39 is 97.5 Å². The molecule has 0 saturated carbocycles. The smallest absolute Gasteiger partial charge is 0.462 e. The number of rotatable bonds is 76. The number of phosphoric acid groups is 2. The Balaban J connectivity index is 5.35. The summed E-state index contributed by atoms with van der Waals surface area (Å²) in [6.07, 6.45) is 79.5. The molecule has 17 nitrogen and oxygen atoms in total. The van der Waals surface area contributed by atoms with Crippen LogP contribution in [0, 0.1) is 0 Å². The number of hydrogen-bond acceptors (Lipinski definition) is 15. The van der Waals surface area contributed by atoms with Crippen LogP contribution in [0.15, 0.2) is 97.2 Å². The van der Waals surface area contributed by atoms with Crippen LogP contribution in [0.25, 0.3) is 0 Å². The van der Waals surface area contributed by atoms with Crippen LogP contribution >= 0.6 is 15.6 Å². The van der Waals surface area contributed by atoms with Crippen molar-refractivity contribution in [2.24, 2.45) is 0 Å². The van der Waals surface area contributed by atoms with E-state index in [-0.39, 0.29) is 25.7 Å². The molecule has 0 fully saturated rings. The van der Waals surface area contributed by atoms with Crippen molar-refractivity contribution in [3.05, 3.63) is 97.2 Å². The normalized spacial score (nSPS) is 14.4. The maximum atomic E-state index is 13.1. The summed E-state index contributed by atoms with van der Waals surface area (Å²) in [7, 11) is -9.96. The van der Waals surface area contributed by atoms with Crippen LogP contribution < -0.4 is 0 Å². The Bertz CT molecular complexity index is 2310. The van der Waals surface area contributed by atoms with Gasteiger partial charge < -0.3 is 33.8 Å². The minimum absolute atomic E-state index is 0.0803. The van der Waals surface area contributed by atoms with Gasteiger partial charge >= 0.3 is 39.5 Å². The molecule has 0 heterocycles. The van der Waals surface area contributed by atoms with E-state index in [0.717, 1.165) is 193 Å². The molecule has 5 atom stereocenters. The fourth-order valence-electron chi connectivity index (χ4n) is 10.9. The summed E-state index contributed by atoms with van der Waals surface area (Å²) in [5, 5.41) is 10.6. The first-order valence-electron chi connectivity index (χ1n) is 40.5. The first kappa shape index (κ1) is 98.0. The van der Waals surface area contributed by atoms with E-state index in [2.05, 4.69) is 125 Å². The molecule has 0 aliphatic rings. The minimum Gasteiger partial charge on any atom is -0.462 e. The Labute approximate surface area is 620 Å². The van der Waals surface area contributed by atoms with E-state index in [9.17, 15) is 43.2 Å². The van der Waals surface area contributed by atoms with Crippen LogP contribution in [0.1, 0.15) is 349 Å². The van der Waals surface area contributed by atoms with Gasteiger partial charge in [-0.05, 0) is 122 Å². The highest BCUT2D eigenvalue weighted by Gasteiger charge is 2.30. The van der Waals surface area contributed by atoms with Gasteiger partial charge in [0.25, 0.3) is 0 Å². The third-order valence-electron chi connectivity index (χ3n) is 17.0. The lowest BCUT2D eigenvalue weighted by Gasteiger charge is -2.21. The number of carbonyl (C=O) groups excluding carboxylic acids is 4. The standard InChI is InChI=1S/C83H146O17P2/c1-5-9-13-17-21-25-29-33-35-37-38-40-41-45-48-52-56-60-64-68-81(86)94-74-79(100-83(88)70-66-62-58-54-50-46-42-39-36-34-30-26-22-18-14-10-6-2)76-98-102(91,92)96-72-77(84)71-95-101(89,90)97-75-78(99-82(87)69-65-61-57-53-49-44-32-28-24-20-16-12-8-4)73-93-80(85)67-63-59-55-51-47-43-31-27-23-19-15-11-7-3/h9-10,13-14,21-22,25-27,31,33-36,38,40,77-79,84H,5-8,11-12,15-20,23-24,28-30,32,37,39,41-76H2,1-4H3,(H,89,90)(H,91,92)/b13-9-,14-10-,25-21-,26-22-,31-27-,35-33-,36-34-,40-38-. The summed E-state index contributed by atoms with van der Waals surface area (Å²) >= 11 is 0. The van der Waals surface area contributed by atoms with Crippen molar-refractivity contribution in [2.75, 3.05) is 39.6 Å². The topological polar surface area (TPSA) is 237 Å². The molecule has 0 aromatic rings. The van der Waals surface area contributed by atoms with Crippen LogP contribution in [-0.4, -0.2) is 96.7 Å².